The Kier molecular flexibility index (Phi) is 11.5. The second-order valence-corrected chi connectivity index (χ2v) is 12.8. The number of nitrogens with one attached hydrogen (secondary N) is 1. The van der Waals surface area contributed by atoms with Gasteiger partial charge in [0.1, 0.15) is 18.2 Å². The molecule has 4 N–H and O–H groups in total. The lowest BCUT2D eigenvalue weighted by atomic mass is 10.0. The molecule has 0 aliphatic carbocycles. The number of hydrogen-bond acceptors (Lipinski definition) is 9. The molecule has 1 saturated heterocycles. The Morgan fingerprint density at radius 3 is 2.50 bits per heavy atom. The van der Waals surface area contributed by atoms with Gasteiger partial charge in [-0.2, -0.15) is 5.10 Å². The zero-order valence-corrected chi connectivity index (χ0v) is 28.3. The van der Waals surface area contributed by atoms with Crippen LogP contribution in [0.5, 0.6) is 5.88 Å². The first-order valence-electron chi connectivity index (χ1n) is 15.2. The minimum absolute atomic E-state index is 0. The van der Waals surface area contributed by atoms with E-state index in [2.05, 4.69) is 20.4 Å². The summed E-state index contributed by atoms with van der Waals surface area (Å²) < 4.78 is 7.40. The van der Waals surface area contributed by atoms with Crippen molar-refractivity contribution in [2.75, 3.05) is 13.1 Å². The Morgan fingerprint density at radius 1 is 1.11 bits per heavy atom. The molecule has 0 saturated carbocycles. The molecule has 1 aromatic carbocycles. The van der Waals surface area contributed by atoms with E-state index in [1.165, 1.54) is 4.90 Å². The fourth-order valence-electron chi connectivity index (χ4n) is 5.62. The van der Waals surface area contributed by atoms with Crippen LogP contribution in [0.1, 0.15) is 57.5 Å². The van der Waals surface area contributed by atoms with Crippen LogP contribution in [0.3, 0.4) is 0 Å². The summed E-state index contributed by atoms with van der Waals surface area (Å²) in [6, 6.07) is 9.94. The van der Waals surface area contributed by atoms with Crippen LogP contribution < -0.4 is 15.8 Å². The van der Waals surface area contributed by atoms with E-state index in [9.17, 15) is 14.7 Å². The monoisotopic (exact) mass is 667 g/mol. The van der Waals surface area contributed by atoms with Crippen LogP contribution >= 0.6 is 23.7 Å². The van der Waals surface area contributed by atoms with E-state index in [1.807, 2.05) is 82.7 Å². The molecular weight excluding hydrogens is 626 g/mol. The van der Waals surface area contributed by atoms with Crippen molar-refractivity contribution in [3.63, 3.8) is 0 Å². The van der Waals surface area contributed by atoms with E-state index in [4.69, 9.17) is 10.5 Å². The van der Waals surface area contributed by atoms with Gasteiger partial charge in [-0.25, -0.2) is 9.97 Å². The zero-order valence-electron chi connectivity index (χ0n) is 26.7. The number of pyridine rings is 1. The molecule has 3 unspecified atom stereocenters. The summed E-state index contributed by atoms with van der Waals surface area (Å²) in [4.78, 5) is 38.8. The van der Waals surface area contributed by atoms with Crippen LogP contribution in [0.25, 0.3) is 21.6 Å². The lowest BCUT2D eigenvalue weighted by Gasteiger charge is -2.30. The van der Waals surface area contributed by atoms with Gasteiger partial charge in [0.2, 0.25) is 17.7 Å². The fourth-order valence-corrected chi connectivity index (χ4v) is 6.43. The molecule has 5 atom stereocenters. The highest BCUT2D eigenvalue weighted by atomic mass is 35.5. The number of rotatable bonds is 11. The first-order chi connectivity index (χ1) is 21.5. The molecule has 13 heteroatoms. The van der Waals surface area contributed by atoms with Gasteiger partial charge in [0.15, 0.2) is 0 Å². The van der Waals surface area contributed by atoms with Crippen molar-refractivity contribution < 1.29 is 19.4 Å². The van der Waals surface area contributed by atoms with Gasteiger partial charge in [-0.3, -0.25) is 14.3 Å². The molecular formula is C33H42ClN7O4S. The predicted octanol–water partition coefficient (Wildman–Crippen LogP) is 4.56. The third-order valence-electron chi connectivity index (χ3n) is 8.13. The van der Waals surface area contributed by atoms with E-state index >= 15 is 0 Å². The molecule has 1 aliphatic heterocycles. The number of hydrogen-bond donors (Lipinski definition) is 3. The molecule has 2 amide bonds. The van der Waals surface area contributed by atoms with Crippen LogP contribution in [0.2, 0.25) is 0 Å². The normalized spacial score (nSPS) is 18.1. The van der Waals surface area contributed by atoms with Crippen molar-refractivity contribution in [1.82, 2.24) is 30.0 Å². The third-order valence-corrected chi connectivity index (χ3v) is 9.11. The van der Waals surface area contributed by atoms with E-state index in [-0.39, 0.29) is 55.3 Å². The number of likely N-dealkylation sites (tertiary alicyclic amines) is 1. The number of carbonyl (C=O) groups is 2. The van der Waals surface area contributed by atoms with Crippen LogP contribution in [-0.2, 0) is 9.59 Å². The Labute approximate surface area is 279 Å². The molecule has 1 aliphatic rings. The minimum atomic E-state index is -0.797. The second kappa shape index (κ2) is 15.2. The number of thiazole rings is 1. The number of halogens is 1. The number of carbonyl (C=O) groups excluding carboxylic acids is 2. The minimum Gasteiger partial charge on any atom is -0.473 e. The van der Waals surface area contributed by atoms with Gasteiger partial charge in [-0.05, 0) is 49.4 Å². The van der Waals surface area contributed by atoms with Gasteiger partial charge in [0.25, 0.3) is 0 Å². The molecule has 246 valence electrons. The molecule has 0 radical (unpaired) electrons. The van der Waals surface area contributed by atoms with Crippen molar-refractivity contribution in [3.05, 3.63) is 71.8 Å². The summed E-state index contributed by atoms with van der Waals surface area (Å²) in [5, 5.41) is 18.2. The summed E-state index contributed by atoms with van der Waals surface area (Å²) in [5.74, 6) is -0.235. The molecule has 0 spiro atoms. The number of aliphatic hydroxyl groups excluding tert-OH is 1. The number of aryl methyl sites for hydroxylation is 1. The molecule has 11 nitrogen and oxygen atoms in total. The number of β-amino-alcohol motifs (C(OH)–C–C–N with tert-alkyl or cyclic N) is 1. The van der Waals surface area contributed by atoms with Crippen LogP contribution in [0.4, 0.5) is 0 Å². The van der Waals surface area contributed by atoms with Gasteiger partial charge in [-0.1, -0.05) is 38.1 Å². The predicted molar refractivity (Wildman–Crippen MR) is 181 cm³/mol. The van der Waals surface area contributed by atoms with Crippen LogP contribution in [-0.4, -0.2) is 72.9 Å². The maximum absolute atomic E-state index is 14.1. The standard InChI is InChI=1S/C33H41N7O4S.ClH/c1-19(2)30(40-16-26(15-37-40)25-10-11-35-29(12-25)44-20(3)14-34)33(43)39-17-27(41)13-28(39)32(42)38-21(4)23-6-8-24(9-7-23)31-22(5)36-18-45-31;/h6-12,15-16,18-21,27-28,30,41H,13-14,17,34H2,1-5H3,(H,38,42);1H/t20?,21?,27-,28+,30?;/m1./s1. The summed E-state index contributed by atoms with van der Waals surface area (Å²) >= 11 is 1.59. The zero-order chi connectivity index (χ0) is 32.2. The largest absolute Gasteiger partial charge is 0.473 e. The Bertz CT molecular complexity index is 1630. The van der Waals surface area contributed by atoms with Crippen molar-refractivity contribution in [2.24, 2.45) is 11.7 Å². The quantitative estimate of drug-likeness (QED) is 0.211. The first-order valence-corrected chi connectivity index (χ1v) is 16.1. The smallest absolute Gasteiger partial charge is 0.248 e. The molecule has 4 heterocycles. The summed E-state index contributed by atoms with van der Waals surface area (Å²) in [6.07, 6.45) is 4.36. The number of aromatic nitrogens is 4. The van der Waals surface area contributed by atoms with Crippen molar-refractivity contribution in [3.8, 4) is 27.4 Å². The highest BCUT2D eigenvalue weighted by molar-refractivity contribution is 7.13. The maximum Gasteiger partial charge on any atom is 0.248 e. The van der Waals surface area contributed by atoms with Gasteiger partial charge in [0.05, 0.1) is 34.4 Å². The van der Waals surface area contributed by atoms with Gasteiger partial charge in [0, 0.05) is 43.5 Å². The van der Waals surface area contributed by atoms with Gasteiger partial charge < -0.3 is 25.8 Å². The molecule has 1 fully saturated rings. The van der Waals surface area contributed by atoms with Crippen molar-refractivity contribution >= 4 is 35.6 Å². The Hall–Kier alpha value is -3.84. The fraction of sp³-hybridized carbons (Fsp3) is 0.424. The first kappa shape index (κ1) is 35.0. The van der Waals surface area contributed by atoms with Crippen LogP contribution in [0, 0.1) is 12.8 Å². The van der Waals surface area contributed by atoms with E-state index in [0.29, 0.717) is 12.4 Å². The lowest BCUT2D eigenvalue weighted by Crippen LogP contribution is -2.49. The van der Waals surface area contributed by atoms with Gasteiger partial charge >= 0.3 is 0 Å². The number of aliphatic hydroxyl groups is 1. The molecule has 5 rings (SSSR count). The lowest BCUT2D eigenvalue weighted by molar-refractivity contribution is -0.142. The molecule has 3 aromatic heterocycles. The van der Waals surface area contributed by atoms with Gasteiger partial charge in [-0.15, -0.1) is 23.7 Å². The molecule has 0 bridgehead atoms. The highest BCUT2D eigenvalue weighted by Crippen LogP contribution is 2.31. The van der Waals surface area contributed by atoms with E-state index < -0.39 is 18.2 Å². The maximum atomic E-state index is 14.1. The van der Waals surface area contributed by atoms with E-state index in [1.54, 1.807) is 28.4 Å². The SMILES string of the molecule is Cc1ncsc1-c1ccc(C(C)NC(=O)[C@@H]2C[C@@H](O)CN2C(=O)C(C(C)C)n2cc(-c3ccnc(OC(C)CN)c3)cn2)cc1.Cl. The van der Waals surface area contributed by atoms with Crippen molar-refractivity contribution in [1.29, 1.82) is 0 Å². The molecule has 4 aromatic rings. The molecule has 46 heavy (non-hydrogen) atoms. The number of benzene rings is 1. The van der Waals surface area contributed by atoms with E-state index in [0.717, 1.165) is 32.8 Å². The Balaban J connectivity index is 0.00000480. The number of ether oxygens (including phenoxy) is 1. The van der Waals surface area contributed by atoms with Crippen molar-refractivity contribution in [2.45, 2.75) is 71.4 Å². The number of nitrogens with zero attached hydrogens (tertiary/aromatic N) is 5. The average molecular weight is 668 g/mol. The topological polar surface area (TPSA) is 148 Å². The summed E-state index contributed by atoms with van der Waals surface area (Å²) in [7, 11) is 0. The number of nitrogens with two attached hydrogens (primary N) is 1. The Morgan fingerprint density at radius 2 is 1.85 bits per heavy atom. The summed E-state index contributed by atoms with van der Waals surface area (Å²) in [5.41, 5.74) is 12.1. The third kappa shape index (κ3) is 7.75. The van der Waals surface area contributed by atoms with Crippen LogP contribution in [0.15, 0.2) is 60.5 Å². The highest BCUT2D eigenvalue weighted by Gasteiger charge is 2.42. The summed E-state index contributed by atoms with van der Waals surface area (Å²) in [6.45, 7) is 10.1. The average Bonchev–Trinajstić information content (AvgIpc) is 3.77. The second-order valence-electron chi connectivity index (χ2n) is 12.0. The number of amides is 2.